The van der Waals surface area contributed by atoms with Crippen LogP contribution in [0.4, 0.5) is 11.4 Å². The van der Waals surface area contributed by atoms with Crippen molar-refractivity contribution in [2.24, 2.45) is 0 Å². The molecule has 2 heterocycles. The molecule has 41 heavy (non-hydrogen) atoms. The summed E-state index contributed by atoms with van der Waals surface area (Å²) in [5.74, 6) is -0.583. The smallest absolute Gasteiger partial charge is 0.341 e. The number of hydrogen-bond acceptors (Lipinski definition) is 6. The third kappa shape index (κ3) is 5.09. The number of methoxy groups -OCH3 is 1. The van der Waals surface area contributed by atoms with E-state index in [1.54, 1.807) is 11.7 Å². The molecule has 1 aliphatic heterocycles. The lowest BCUT2D eigenvalue weighted by molar-refractivity contribution is -0.384. The van der Waals surface area contributed by atoms with E-state index in [0.29, 0.717) is 29.7 Å². The van der Waals surface area contributed by atoms with Crippen molar-refractivity contribution >= 4 is 28.2 Å². The van der Waals surface area contributed by atoms with Crippen LogP contribution in [-0.2, 0) is 12.0 Å². The van der Waals surface area contributed by atoms with Gasteiger partial charge in [-0.15, -0.1) is 0 Å². The lowest BCUT2D eigenvalue weighted by Gasteiger charge is -2.43. The Labute approximate surface area is 239 Å². The predicted octanol–water partition coefficient (Wildman–Crippen LogP) is 6.37. The molecule has 0 bridgehead atoms. The van der Waals surface area contributed by atoms with Crippen LogP contribution in [0.2, 0.25) is 0 Å². The van der Waals surface area contributed by atoms with E-state index in [1.807, 2.05) is 52.0 Å². The number of carbonyl (C=O) groups is 1. The molecule has 0 saturated carbocycles. The Balaban J connectivity index is 1.78. The Morgan fingerprint density at radius 3 is 2.44 bits per heavy atom. The number of aromatic carboxylic acids is 1. The van der Waals surface area contributed by atoms with Crippen LogP contribution < -0.4 is 15.1 Å². The highest BCUT2D eigenvalue weighted by Crippen LogP contribution is 2.44. The quantitative estimate of drug-likeness (QED) is 0.212. The molecule has 2 aromatic carbocycles. The molecule has 216 valence electrons. The second kappa shape index (κ2) is 10.7. The van der Waals surface area contributed by atoms with Gasteiger partial charge in [-0.1, -0.05) is 17.7 Å². The average Bonchev–Trinajstić information content (AvgIpc) is 2.93. The van der Waals surface area contributed by atoms with Crippen LogP contribution in [0.15, 0.2) is 52.5 Å². The Kier molecular flexibility index (Phi) is 7.40. The molecule has 0 saturated heterocycles. The summed E-state index contributed by atoms with van der Waals surface area (Å²) in [4.78, 5) is 39.7. The number of benzene rings is 2. The first-order valence-electron chi connectivity index (χ1n) is 14.1. The summed E-state index contributed by atoms with van der Waals surface area (Å²) in [6.45, 7) is 8.22. The van der Waals surface area contributed by atoms with Crippen LogP contribution in [-0.4, -0.2) is 40.3 Å². The summed E-state index contributed by atoms with van der Waals surface area (Å²) in [7, 11) is 1.63. The molecule has 1 aliphatic carbocycles. The number of nitro benzene ring substituents is 1. The maximum atomic E-state index is 13.4. The van der Waals surface area contributed by atoms with Crippen molar-refractivity contribution in [3.63, 3.8) is 0 Å². The van der Waals surface area contributed by atoms with Crippen LogP contribution in [0.5, 0.6) is 5.75 Å². The minimum Gasteiger partial charge on any atom is -0.497 e. The summed E-state index contributed by atoms with van der Waals surface area (Å²) < 4.78 is 7.13. The summed E-state index contributed by atoms with van der Waals surface area (Å²) in [5.41, 5.74) is 3.70. The highest BCUT2D eigenvalue weighted by Gasteiger charge is 2.37. The Bertz CT molecular complexity index is 1630. The van der Waals surface area contributed by atoms with Crippen LogP contribution in [0.1, 0.15) is 74.4 Å². The van der Waals surface area contributed by atoms with Gasteiger partial charge < -0.3 is 19.3 Å². The normalized spacial score (nSPS) is 17.5. The van der Waals surface area contributed by atoms with E-state index < -0.39 is 27.4 Å². The molecule has 1 N–H and O–H groups in total. The summed E-state index contributed by atoms with van der Waals surface area (Å²) in [6.07, 6.45) is 7.17. The SMILES string of the molecule is COc1ccc(CC2C3=C(CCCC3)CCN2c2c([N+](=O)[O-])cc3c(=O)c(C(=O)O)cn(C(C)(C)C)c3c2C)cc1. The van der Waals surface area contributed by atoms with Crippen molar-refractivity contribution in [3.05, 3.63) is 84.7 Å². The van der Waals surface area contributed by atoms with Crippen molar-refractivity contribution in [3.8, 4) is 5.75 Å². The predicted molar refractivity (Wildman–Crippen MR) is 159 cm³/mol. The lowest BCUT2D eigenvalue weighted by Crippen LogP contribution is -2.44. The molecule has 1 unspecified atom stereocenters. The molecule has 0 radical (unpaired) electrons. The van der Waals surface area contributed by atoms with Gasteiger partial charge in [0.05, 0.1) is 29.0 Å². The van der Waals surface area contributed by atoms with Crippen molar-refractivity contribution < 1.29 is 19.6 Å². The number of pyridine rings is 1. The van der Waals surface area contributed by atoms with E-state index in [2.05, 4.69) is 4.90 Å². The van der Waals surface area contributed by atoms with Gasteiger partial charge >= 0.3 is 5.97 Å². The number of carboxylic acids is 1. The van der Waals surface area contributed by atoms with Gasteiger partial charge in [-0.2, -0.15) is 0 Å². The monoisotopic (exact) mass is 559 g/mol. The van der Waals surface area contributed by atoms with E-state index in [4.69, 9.17) is 4.74 Å². The third-order valence-corrected chi connectivity index (χ3v) is 8.56. The maximum absolute atomic E-state index is 13.4. The first-order chi connectivity index (χ1) is 19.4. The standard InChI is InChI=1S/C32H37N3O6/c1-19-28-24(30(36)25(31(37)38)18-34(28)32(2,3)4)17-27(35(39)40)29(19)33-15-14-21-8-6-7-9-23(21)26(33)16-20-10-12-22(41-5)13-11-20/h10-13,17-18,26H,6-9,14-16H2,1-5H3,(H,37,38). The fraction of sp³-hybridized carbons (Fsp3) is 0.438. The molecule has 2 aliphatic rings. The lowest BCUT2D eigenvalue weighted by atomic mass is 9.80. The van der Waals surface area contributed by atoms with E-state index in [0.717, 1.165) is 43.4 Å². The Morgan fingerprint density at radius 1 is 1.15 bits per heavy atom. The number of anilines is 1. The van der Waals surface area contributed by atoms with Crippen molar-refractivity contribution in [2.45, 2.75) is 77.8 Å². The molecule has 3 aromatic rings. The molecule has 1 aromatic heterocycles. The molecule has 9 nitrogen and oxygen atoms in total. The fourth-order valence-electron chi connectivity index (χ4n) is 6.61. The van der Waals surface area contributed by atoms with Gasteiger partial charge in [-0.25, -0.2) is 4.79 Å². The van der Waals surface area contributed by atoms with Crippen molar-refractivity contribution in [1.29, 1.82) is 0 Å². The summed E-state index contributed by atoms with van der Waals surface area (Å²) >= 11 is 0. The van der Waals surface area contributed by atoms with Gasteiger partial charge in [0.1, 0.15) is 17.0 Å². The number of ether oxygens (including phenoxy) is 1. The number of carboxylic acid groups (broad SMARTS) is 1. The molecule has 9 heteroatoms. The molecular weight excluding hydrogens is 522 g/mol. The van der Waals surface area contributed by atoms with Crippen LogP contribution in [0.25, 0.3) is 10.9 Å². The van der Waals surface area contributed by atoms with Crippen molar-refractivity contribution in [2.75, 3.05) is 18.6 Å². The number of fused-ring (bicyclic) bond motifs is 1. The largest absolute Gasteiger partial charge is 0.497 e. The zero-order valence-corrected chi connectivity index (χ0v) is 24.3. The first-order valence-corrected chi connectivity index (χ1v) is 14.1. The number of rotatable bonds is 6. The van der Waals surface area contributed by atoms with E-state index in [9.17, 15) is 24.8 Å². The highest BCUT2D eigenvalue weighted by molar-refractivity contribution is 5.97. The zero-order chi connectivity index (χ0) is 29.6. The van der Waals surface area contributed by atoms with Crippen LogP contribution in [0, 0.1) is 17.0 Å². The minimum absolute atomic E-state index is 0.0501. The van der Waals surface area contributed by atoms with Gasteiger partial charge in [-0.3, -0.25) is 14.9 Å². The molecule has 0 amide bonds. The van der Waals surface area contributed by atoms with Crippen molar-refractivity contribution in [1.82, 2.24) is 4.57 Å². The molecule has 0 spiro atoms. The molecule has 1 atom stereocenters. The summed E-state index contributed by atoms with van der Waals surface area (Å²) in [6, 6.07) is 9.18. The maximum Gasteiger partial charge on any atom is 0.341 e. The highest BCUT2D eigenvalue weighted by atomic mass is 16.6. The average molecular weight is 560 g/mol. The summed E-state index contributed by atoms with van der Waals surface area (Å²) in [5, 5.41) is 22.4. The van der Waals surface area contributed by atoms with Crippen LogP contribution >= 0.6 is 0 Å². The molecule has 5 rings (SSSR count). The fourth-order valence-corrected chi connectivity index (χ4v) is 6.61. The minimum atomic E-state index is -1.35. The number of nitro groups is 1. The van der Waals surface area contributed by atoms with Gasteiger partial charge in [0.15, 0.2) is 0 Å². The van der Waals surface area contributed by atoms with Crippen LogP contribution in [0.3, 0.4) is 0 Å². The van der Waals surface area contributed by atoms with Gasteiger partial charge in [0.25, 0.3) is 5.69 Å². The third-order valence-electron chi connectivity index (χ3n) is 8.56. The first kappa shape index (κ1) is 28.4. The van der Waals surface area contributed by atoms with Gasteiger partial charge in [-0.05, 0) is 89.5 Å². The van der Waals surface area contributed by atoms with E-state index in [1.165, 1.54) is 23.4 Å². The van der Waals surface area contributed by atoms with E-state index >= 15 is 0 Å². The number of hydrogen-bond donors (Lipinski definition) is 1. The van der Waals surface area contributed by atoms with E-state index in [-0.39, 0.29) is 17.1 Å². The zero-order valence-electron chi connectivity index (χ0n) is 24.3. The Morgan fingerprint density at radius 2 is 1.83 bits per heavy atom. The molecular formula is C32H37N3O6. The second-order valence-electron chi connectivity index (χ2n) is 12.1. The topological polar surface area (TPSA) is 115 Å². The number of aryl methyl sites for hydroxylation is 1. The number of aromatic nitrogens is 1. The molecule has 0 fully saturated rings. The van der Waals surface area contributed by atoms with Gasteiger partial charge in [0, 0.05) is 29.9 Å². The Hall–Kier alpha value is -4.14. The number of nitrogens with zero attached hydrogens (tertiary/aromatic N) is 3. The van der Waals surface area contributed by atoms with Gasteiger partial charge in [0.2, 0.25) is 5.43 Å². The second-order valence-corrected chi connectivity index (χ2v) is 12.1.